The smallest absolute Gasteiger partial charge is 0.241 e. The number of piperidine rings is 1. The van der Waals surface area contributed by atoms with Crippen LogP contribution in [0.5, 0.6) is 0 Å². The van der Waals surface area contributed by atoms with Gasteiger partial charge < -0.3 is 10.6 Å². The molecule has 1 aromatic rings. The standard InChI is InChI=1S/C15H18ClN3O/c1-2-10-5-6-18-14(7-10)15(20)19-13-8-12(16)4-3-11(13)9-17/h3-4,8,10,14,18H,2,5-7H2,1H3,(H,19,20). The van der Waals surface area contributed by atoms with Gasteiger partial charge in [0.25, 0.3) is 0 Å². The van der Waals surface area contributed by atoms with Gasteiger partial charge in [-0.15, -0.1) is 0 Å². The first-order chi connectivity index (χ1) is 9.63. The van der Waals surface area contributed by atoms with Crippen molar-refractivity contribution in [1.82, 2.24) is 5.32 Å². The fraction of sp³-hybridized carbons (Fsp3) is 0.467. The van der Waals surface area contributed by atoms with E-state index >= 15 is 0 Å². The average Bonchev–Trinajstić information content (AvgIpc) is 2.47. The first kappa shape index (κ1) is 14.8. The zero-order chi connectivity index (χ0) is 14.5. The number of nitrogens with one attached hydrogen (secondary N) is 2. The highest BCUT2D eigenvalue weighted by Crippen LogP contribution is 2.23. The zero-order valence-corrected chi connectivity index (χ0v) is 12.2. The number of hydrogen-bond acceptors (Lipinski definition) is 3. The van der Waals surface area contributed by atoms with Gasteiger partial charge >= 0.3 is 0 Å². The summed E-state index contributed by atoms with van der Waals surface area (Å²) in [6.07, 6.45) is 3.04. The largest absolute Gasteiger partial charge is 0.323 e. The second kappa shape index (κ2) is 6.74. The Morgan fingerprint density at radius 3 is 3.10 bits per heavy atom. The number of nitrogens with zero attached hydrogens (tertiary/aromatic N) is 1. The molecule has 4 nitrogen and oxygen atoms in total. The van der Waals surface area contributed by atoms with Crippen molar-refractivity contribution in [2.24, 2.45) is 5.92 Å². The van der Waals surface area contributed by atoms with Crippen molar-refractivity contribution in [3.05, 3.63) is 28.8 Å². The number of rotatable bonds is 3. The van der Waals surface area contributed by atoms with E-state index in [9.17, 15) is 4.79 Å². The molecule has 1 amide bonds. The lowest BCUT2D eigenvalue weighted by Gasteiger charge is -2.28. The quantitative estimate of drug-likeness (QED) is 0.900. The SMILES string of the molecule is CCC1CCNC(C(=O)Nc2cc(Cl)ccc2C#N)C1. The molecule has 20 heavy (non-hydrogen) atoms. The first-order valence-corrected chi connectivity index (χ1v) is 7.25. The molecule has 1 heterocycles. The van der Waals surface area contributed by atoms with Gasteiger partial charge in [0.1, 0.15) is 6.07 Å². The molecular weight excluding hydrogens is 274 g/mol. The Kier molecular flexibility index (Phi) is 4.99. The summed E-state index contributed by atoms with van der Waals surface area (Å²) in [5.41, 5.74) is 0.899. The van der Waals surface area contributed by atoms with Gasteiger partial charge in [-0.3, -0.25) is 4.79 Å². The molecule has 2 unspecified atom stereocenters. The molecule has 5 heteroatoms. The Morgan fingerprint density at radius 2 is 2.40 bits per heavy atom. The number of nitriles is 1. The molecule has 2 rings (SSSR count). The summed E-state index contributed by atoms with van der Waals surface area (Å²) in [5, 5.41) is 15.6. The maximum atomic E-state index is 12.3. The average molecular weight is 292 g/mol. The highest BCUT2D eigenvalue weighted by Gasteiger charge is 2.26. The first-order valence-electron chi connectivity index (χ1n) is 6.88. The summed E-state index contributed by atoms with van der Waals surface area (Å²) < 4.78 is 0. The molecule has 0 bridgehead atoms. The number of amides is 1. The van der Waals surface area contributed by atoms with E-state index in [4.69, 9.17) is 16.9 Å². The van der Waals surface area contributed by atoms with E-state index < -0.39 is 0 Å². The van der Waals surface area contributed by atoms with Crippen LogP contribution in [-0.4, -0.2) is 18.5 Å². The Morgan fingerprint density at radius 1 is 1.60 bits per heavy atom. The van der Waals surface area contributed by atoms with Crippen molar-refractivity contribution in [3.8, 4) is 6.07 Å². The van der Waals surface area contributed by atoms with Crippen LogP contribution in [0.3, 0.4) is 0 Å². The minimum absolute atomic E-state index is 0.0954. The summed E-state index contributed by atoms with van der Waals surface area (Å²) in [7, 11) is 0. The molecule has 1 aromatic carbocycles. The number of hydrogen-bond donors (Lipinski definition) is 2. The summed E-state index contributed by atoms with van der Waals surface area (Å²) >= 11 is 5.91. The van der Waals surface area contributed by atoms with Crippen LogP contribution in [-0.2, 0) is 4.79 Å². The van der Waals surface area contributed by atoms with Crippen LogP contribution in [0.25, 0.3) is 0 Å². The third-order valence-electron chi connectivity index (χ3n) is 3.77. The van der Waals surface area contributed by atoms with Crippen molar-refractivity contribution >= 4 is 23.2 Å². The minimum atomic E-state index is -0.195. The molecule has 1 aliphatic heterocycles. The lowest BCUT2D eigenvalue weighted by atomic mass is 9.90. The van der Waals surface area contributed by atoms with Gasteiger partial charge in [0.15, 0.2) is 0 Å². The maximum Gasteiger partial charge on any atom is 0.241 e. The highest BCUT2D eigenvalue weighted by atomic mass is 35.5. The molecule has 1 aliphatic rings. The van der Waals surface area contributed by atoms with Crippen LogP contribution >= 0.6 is 11.6 Å². The number of halogens is 1. The van der Waals surface area contributed by atoms with Crippen LogP contribution in [0, 0.1) is 17.2 Å². The van der Waals surface area contributed by atoms with E-state index in [0.29, 0.717) is 22.2 Å². The van der Waals surface area contributed by atoms with Crippen LogP contribution in [0.1, 0.15) is 31.7 Å². The second-order valence-corrected chi connectivity index (χ2v) is 5.53. The molecular formula is C15H18ClN3O. The van der Waals surface area contributed by atoms with Crippen LogP contribution in [0.15, 0.2) is 18.2 Å². The number of benzene rings is 1. The maximum absolute atomic E-state index is 12.3. The molecule has 0 aromatic heterocycles. The Balaban J connectivity index is 2.08. The summed E-state index contributed by atoms with van der Waals surface area (Å²) in [6.45, 7) is 3.01. The normalized spacial score (nSPS) is 22.1. The van der Waals surface area contributed by atoms with Crippen LogP contribution in [0.4, 0.5) is 5.69 Å². The molecule has 2 atom stereocenters. The van der Waals surface area contributed by atoms with Crippen molar-refractivity contribution in [2.45, 2.75) is 32.2 Å². The Bertz CT molecular complexity index is 538. The zero-order valence-electron chi connectivity index (χ0n) is 11.4. The molecule has 0 saturated carbocycles. The van der Waals surface area contributed by atoms with E-state index in [1.165, 1.54) is 0 Å². The van der Waals surface area contributed by atoms with E-state index in [1.807, 2.05) is 0 Å². The third-order valence-corrected chi connectivity index (χ3v) is 4.00. The summed E-state index contributed by atoms with van der Waals surface area (Å²) in [4.78, 5) is 12.3. The molecule has 106 valence electrons. The Labute approximate surface area is 124 Å². The van der Waals surface area contributed by atoms with Crippen LogP contribution in [0.2, 0.25) is 5.02 Å². The van der Waals surface area contributed by atoms with Crippen molar-refractivity contribution < 1.29 is 4.79 Å². The van der Waals surface area contributed by atoms with Gasteiger partial charge in [0, 0.05) is 5.02 Å². The van der Waals surface area contributed by atoms with Gasteiger partial charge in [-0.2, -0.15) is 5.26 Å². The molecule has 0 spiro atoms. The molecule has 0 radical (unpaired) electrons. The predicted octanol–water partition coefficient (Wildman–Crippen LogP) is 2.93. The van der Waals surface area contributed by atoms with E-state index in [1.54, 1.807) is 18.2 Å². The minimum Gasteiger partial charge on any atom is -0.323 e. The third kappa shape index (κ3) is 3.50. The van der Waals surface area contributed by atoms with E-state index in [0.717, 1.165) is 25.8 Å². The van der Waals surface area contributed by atoms with Crippen molar-refractivity contribution in [2.75, 3.05) is 11.9 Å². The van der Waals surface area contributed by atoms with Gasteiger partial charge in [-0.1, -0.05) is 24.9 Å². The monoisotopic (exact) mass is 291 g/mol. The number of carbonyl (C=O) groups is 1. The van der Waals surface area contributed by atoms with Gasteiger partial charge in [-0.05, 0) is 43.5 Å². The molecule has 0 aliphatic carbocycles. The second-order valence-electron chi connectivity index (χ2n) is 5.10. The van der Waals surface area contributed by atoms with Crippen molar-refractivity contribution in [3.63, 3.8) is 0 Å². The molecule has 1 saturated heterocycles. The number of carbonyl (C=O) groups excluding carboxylic acids is 1. The topological polar surface area (TPSA) is 64.9 Å². The Hall–Kier alpha value is -1.57. The molecule has 2 N–H and O–H groups in total. The predicted molar refractivity (Wildman–Crippen MR) is 79.6 cm³/mol. The number of anilines is 1. The summed E-state index contributed by atoms with van der Waals surface area (Å²) in [5.74, 6) is 0.490. The fourth-order valence-corrected chi connectivity index (χ4v) is 2.68. The fourth-order valence-electron chi connectivity index (χ4n) is 2.50. The molecule has 1 fully saturated rings. The highest BCUT2D eigenvalue weighted by molar-refractivity contribution is 6.31. The van der Waals surface area contributed by atoms with Gasteiger partial charge in [-0.25, -0.2) is 0 Å². The lowest BCUT2D eigenvalue weighted by Crippen LogP contribution is -2.46. The van der Waals surface area contributed by atoms with E-state index in [2.05, 4.69) is 23.6 Å². The lowest BCUT2D eigenvalue weighted by molar-refractivity contribution is -0.119. The van der Waals surface area contributed by atoms with Crippen molar-refractivity contribution in [1.29, 1.82) is 5.26 Å². The van der Waals surface area contributed by atoms with Crippen LogP contribution < -0.4 is 10.6 Å². The van der Waals surface area contributed by atoms with E-state index in [-0.39, 0.29) is 11.9 Å². The van der Waals surface area contributed by atoms with Gasteiger partial charge in [0.2, 0.25) is 5.91 Å². The van der Waals surface area contributed by atoms with Gasteiger partial charge in [0.05, 0.1) is 17.3 Å². The summed E-state index contributed by atoms with van der Waals surface area (Å²) in [6, 6.07) is 6.72.